The number of aryl methyl sites for hydroxylation is 1. The lowest BCUT2D eigenvalue weighted by atomic mass is 10.1. The van der Waals surface area contributed by atoms with E-state index in [0.717, 1.165) is 38.2 Å². The molecule has 0 saturated carbocycles. The molecule has 0 radical (unpaired) electrons. The maximum atomic E-state index is 5.11. The molecular formula is C13H25N3O. The van der Waals surface area contributed by atoms with Crippen molar-refractivity contribution in [1.29, 1.82) is 0 Å². The molecule has 0 aliphatic rings. The van der Waals surface area contributed by atoms with Gasteiger partial charge in [-0.05, 0) is 25.8 Å². The molecule has 0 saturated heterocycles. The molecular weight excluding hydrogens is 214 g/mol. The molecule has 4 nitrogen and oxygen atoms in total. The number of nitrogens with one attached hydrogen (secondary N) is 1. The summed E-state index contributed by atoms with van der Waals surface area (Å²) in [6, 6.07) is 0.506. The van der Waals surface area contributed by atoms with E-state index in [0.29, 0.717) is 6.04 Å². The van der Waals surface area contributed by atoms with Crippen LogP contribution in [-0.4, -0.2) is 35.9 Å². The summed E-state index contributed by atoms with van der Waals surface area (Å²) in [6.45, 7) is 4.10. The van der Waals surface area contributed by atoms with Crippen LogP contribution in [0.4, 0.5) is 0 Å². The lowest BCUT2D eigenvalue weighted by Crippen LogP contribution is -2.33. The topological polar surface area (TPSA) is 39.1 Å². The number of hydrogen-bond acceptors (Lipinski definition) is 3. The van der Waals surface area contributed by atoms with E-state index in [-0.39, 0.29) is 0 Å². The van der Waals surface area contributed by atoms with Crippen molar-refractivity contribution in [2.75, 3.05) is 20.3 Å². The van der Waals surface area contributed by atoms with Crippen molar-refractivity contribution in [2.24, 2.45) is 7.05 Å². The van der Waals surface area contributed by atoms with Gasteiger partial charge in [0.25, 0.3) is 0 Å². The molecule has 0 fully saturated rings. The molecule has 1 aromatic rings. The third-order valence-corrected chi connectivity index (χ3v) is 2.93. The number of rotatable bonds is 9. The van der Waals surface area contributed by atoms with Crippen molar-refractivity contribution >= 4 is 0 Å². The molecule has 17 heavy (non-hydrogen) atoms. The highest BCUT2D eigenvalue weighted by Gasteiger charge is 2.11. The first-order valence-electron chi connectivity index (χ1n) is 6.46. The number of imidazole rings is 1. The van der Waals surface area contributed by atoms with Gasteiger partial charge in [0.05, 0.1) is 0 Å². The SMILES string of the molecule is CCCNC(CCCOC)Cc1nccn1C. The Morgan fingerprint density at radius 3 is 2.94 bits per heavy atom. The van der Waals surface area contributed by atoms with Crippen molar-refractivity contribution in [1.82, 2.24) is 14.9 Å². The molecule has 1 unspecified atom stereocenters. The minimum absolute atomic E-state index is 0.506. The van der Waals surface area contributed by atoms with Gasteiger partial charge in [-0.25, -0.2) is 4.98 Å². The third kappa shape index (κ3) is 5.33. The Morgan fingerprint density at radius 2 is 2.35 bits per heavy atom. The molecule has 98 valence electrons. The average molecular weight is 239 g/mol. The third-order valence-electron chi connectivity index (χ3n) is 2.93. The van der Waals surface area contributed by atoms with E-state index < -0.39 is 0 Å². The zero-order valence-corrected chi connectivity index (χ0v) is 11.3. The van der Waals surface area contributed by atoms with E-state index in [4.69, 9.17) is 4.74 Å². The van der Waals surface area contributed by atoms with Gasteiger partial charge in [-0.2, -0.15) is 0 Å². The van der Waals surface area contributed by atoms with Gasteiger partial charge < -0.3 is 14.6 Å². The summed E-state index contributed by atoms with van der Waals surface area (Å²) < 4.78 is 7.20. The molecule has 0 bridgehead atoms. The van der Waals surface area contributed by atoms with Crippen LogP contribution in [-0.2, 0) is 18.2 Å². The van der Waals surface area contributed by atoms with E-state index in [1.165, 1.54) is 6.42 Å². The first-order chi connectivity index (χ1) is 8.27. The summed E-state index contributed by atoms with van der Waals surface area (Å²) in [5, 5.41) is 3.58. The van der Waals surface area contributed by atoms with Crippen molar-refractivity contribution < 1.29 is 4.74 Å². The van der Waals surface area contributed by atoms with Gasteiger partial charge in [0.15, 0.2) is 0 Å². The van der Waals surface area contributed by atoms with Crippen molar-refractivity contribution in [3.8, 4) is 0 Å². The minimum atomic E-state index is 0.506. The Morgan fingerprint density at radius 1 is 1.53 bits per heavy atom. The molecule has 0 spiro atoms. The van der Waals surface area contributed by atoms with Crippen LogP contribution in [0.1, 0.15) is 32.0 Å². The zero-order chi connectivity index (χ0) is 12.5. The molecule has 1 aromatic heterocycles. The van der Waals surface area contributed by atoms with E-state index in [2.05, 4.69) is 21.8 Å². The Hall–Kier alpha value is -0.870. The van der Waals surface area contributed by atoms with Crippen LogP contribution in [0.25, 0.3) is 0 Å². The van der Waals surface area contributed by atoms with Crippen LogP contribution < -0.4 is 5.32 Å². The summed E-state index contributed by atoms with van der Waals surface area (Å²) in [5.41, 5.74) is 0. The maximum absolute atomic E-state index is 5.11. The molecule has 0 aliphatic heterocycles. The Labute approximate surface area is 104 Å². The smallest absolute Gasteiger partial charge is 0.109 e. The highest BCUT2D eigenvalue weighted by Crippen LogP contribution is 2.06. The molecule has 1 N–H and O–H groups in total. The van der Waals surface area contributed by atoms with Gasteiger partial charge >= 0.3 is 0 Å². The predicted molar refractivity (Wildman–Crippen MR) is 70.1 cm³/mol. The standard InChI is InChI=1S/C13H25N3O/c1-4-7-14-12(6-5-10-17-3)11-13-15-8-9-16(13)2/h8-9,12,14H,4-7,10-11H2,1-3H3. The van der Waals surface area contributed by atoms with E-state index in [1.807, 2.05) is 19.4 Å². The van der Waals surface area contributed by atoms with E-state index >= 15 is 0 Å². The van der Waals surface area contributed by atoms with Crippen LogP contribution in [0.3, 0.4) is 0 Å². The molecule has 1 atom stereocenters. The Bertz CT molecular complexity index is 299. The Kier molecular flexibility index (Phi) is 6.89. The normalized spacial score (nSPS) is 12.9. The second-order valence-corrected chi connectivity index (χ2v) is 4.44. The van der Waals surface area contributed by atoms with Gasteiger partial charge in [0.1, 0.15) is 5.82 Å². The first kappa shape index (κ1) is 14.2. The summed E-state index contributed by atoms with van der Waals surface area (Å²) in [6.07, 6.45) is 8.26. The second kappa shape index (κ2) is 8.25. The van der Waals surface area contributed by atoms with Crippen molar-refractivity contribution in [3.63, 3.8) is 0 Å². The van der Waals surface area contributed by atoms with Crippen LogP contribution in [0.15, 0.2) is 12.4 Å². The minimum Gasteiger partial charge on any atom is -0.385 e. The molecule has 0 aliphatic carbocycles. The highest BCUT2D eigenvalue weighted by molar-refractivity contribution is 4.94. The van der Waals surface area contributed by atoms with Crippen molar-refractivity contribution in [2.45, 2.75) is 38.6 Å². The van der Waals surface area contributed by atoms with Gasteiger partial charge in [0.2, 0.25) is 0 Å². The van der Waals surface area contributed by atoms with E-state index in [9.17, 15) is 0 Å². The maximum Gasteiger partial charge on any atom is 0.109 e. The number of nitrogens with zero attached hydrogens (tertiary/aromatic N) is 2. The van der Waals surface area contributed by atoms with Crippen LogP contribution in [0.5, 0.6) is 0 Å². The summed E-state index contributed by atoms with van der Waals surface area (Å²) in [7, 11) is 3.81. The zero-order valence-electron chi connectivity index (χ0n) is 11.3. The summed E-state index contributed by atoms with van der Waals surface area (Å²) in [5.74, 6) is 1.15. The lowest BCUT2D eigenvalue weighted by molar-refractivity contribution is 0.188. The fourth-order valence-electron chi connectivity index (χ4n) is 1.91. The van der Waals surface area contributed by atoms with Gasteiger partial charge in [-0.3, -0.25) is 0 Å². The van der Waals surface area contributed by atoms with Crippen LogP contribution in [0.2, 0.25) is 0 Å². The number of hydrogen-bond donors (Lipinski definition) is 1. The van der Waals surface area contributed by atoms with Crippen LogP contribution in [0, 0.1) is 0 Å². The largest absolute Gasteiger partial charge is 0.385 e. The summed E-state index contributed by atoms with van der Waals surface area (Å²) >= 11 is 0. The van der Waals surface area contributed by atoms with Gasteiger partial charge in [-0.15, -0.1) is 0 Å². The van der Waals surface area contributed by atoms with Gasteiger partial charge in [0, 0.05) is 45.6 Å². The molecule has 1 heterocycles. The summed E-state index contributed by atoms with van der Waals surface area (Å²) in [4.78, 5) is 4.38. The number of ether oxygens (including phenoxy) is 1. The van der Waals surface area contributed by atoms with E-state index in [1.54, 1.807) is 7.11 Å². The quantitative estimate of drug-likeness (QED) is 0.667. The van der Waals surface area contributed by atoms with Crippen molar-refractivity contribution in [3.05, 3.63) is 18.2 Å². The van der Waals surface area contributed by atoms with Crippen LogP contribution >= 0.6 is 0 Å². The monoisotopic (exact) mass is 239 g/mol. The molecule has 0 aromatic carbocycles. The number of aromatic nitrogens is 2. The first-order valence-corrected chi connectivity index (χ1v) is 6.46. The van der Waals surface area contributed by atoms with Gasteiger partial charge in [-0.1, -0.05) is 6.92 Å². The second-order valence-electron chi connectivity index (χ2n) is 4.44. The average Bonchev–Trinajstić information content (AvgIpc) is 2.72. The fraction of sp³-hybridized carbons (Fsp3) is 0.769. The molecule has 1 rings (SSSR count). The highest BCUT2D eigenvalue weighted by atomic mass is 16.5. The Balaban J connectivity index is 2.42. The molecule has 4 heteroatoms. The lowest BCUT2D eigenvalue weighted by Gasteiger charge is -2.18. The molecule has 0 amide bonds. The predicted octanol–water partition coefficient (Wildman–Crippen LogP) is 1.76. The number of methoxy groups -OCH3 is 1. The fourth-order valence-corrected chi connectivity index (χ4v) is 1.91.